The molecule has 1 aromatic heterocycles. The Labute approximate surface area is 137 Å². The number of alkyl halides is 3. The number of hydrogen-bond acceptors (Lipinski definition) is 4. The normalized spacial score (nSPS) is 30.8. The lowest BCUT2D eigenvalue weighted by atomic mass is 9.92. The van der Waals surface area contributed by atoms with Gasteiger partial charge in [-0.2, -0.15) is 13.2 Å². The molecule has 2 saturated heterocycles. The van der Waals surface area contributed by atoms with Crippen LogP contribution < -0.4 is 0 Å². The van der Waals surface area contributed by atoms with E-state index in [-0.39, 0.29) is 23.7 Å². The summed E-state index contributed by atoms with van der Waals surface area (Å²) >= 11 is 0. The van der Waals surface area contributed by atoms with Crippen LogP contribution in [0, 0.1) is 0 Å². The van der Waals surface area contributed by atoms with E-state index in [0.29, 0.717) is 26.1 Å². The molecule has 1 amide bonds. The number of halogens is 3. The van der Waals surface area contributed by atoms with E-state index < -0.39 is 17.5 Å². The summed E-state index contributed by atoms with van der Waals surface area (Å²) in [6, 6.07) is 1.99. The van der Waals surface area contributed by atoms with Crippen LogP contribution in [0.1, 0.15) is 36.3 Å². The van der Waals surface area contributed by atoms with Gasteiger partial charge < -0.3 is 14.4 Å². The molecule has 1 aromatic rings. The monoisotopic (exact) mass is 344 g/mol. The van der Waals surface area contributed by atoms with Crippen molar-refractivity contribution in [3.05, 3.63) is 29.6 Å². The van der Waals surface area contributed by atoms with Crippen LogP contribution in [0.2, 0.25) is 0 Å². The Morgan fingerprint density at radius 3 is 2.67 bits per heavy atom. The predicted octanol–water partition coefficient (Wildman–Crippen LogP) is 2.51. The third-order valence-electron chi connectivity index (χ3n) is 4.59. The molecule has 0 unspecified atom stereocenters. The SMILES string of the molecule is C[C@@H]1CN(C(=O)c2ccc(C(F)(F)F)nc2)C[C@@]2(CCO[C@H]2C)O1. The van der Waals surface area contributed by atoms with Gasteiger partial charge in [0.05, 0.1) is 24.3 Å². The van der Waals surface area contributed by atoms with Crippen molar-refractivity contribution in [2.24, 2.45) is 0 Å². The molecule has 0 bridgehead atoms. The maximum absolute atomic E-state index is 12.7. The number of carbonyl (C=O) groups excluding carboxylic acids is 1. The molecule has 8 heteroatoms. The molecule has 3 heterocycles. The van der Waals surface area contributed by atoms with E-state index in [4.69, 9.17) is 9.47 Å². The van der Waals surface area contributed by atoms with Crippen molar-refractivity contribution < 1.29 is 27.4 Å². The number of morpholine rings is 1. The summed E-state index contributed by atoms with van der Waals surface area (Å²) < 4.78 is 49.4. The standard InChI is InChI=1S/C16H19F3N2O3/c1-10-8-21(9-15(24-10)5-6-23-11(15)2)14(22)12-3-4-13(20-7-12)16(17,18)19/h3-4,7,10-11H,5-6,8-9H2,1-2H3/t10-,11+,15-/m1/s1. The van der Waals surface area contributed by atoms with Crippen LogP contribution >= 0.6 is 0 Å². The van der Waals surface area contributed by atoms with Gasteiger partial charge in [-0.05, 0) is 26.0 Å². The van der Waals surface area contributed by atoms with E-state index in [1.54, 1.807) is 4.90 Å². The molecule has 0 saturated carbocycles. The van der Waals surface area contributed by atoms with Crippen molar-refractivity contribution in [1.82, 2.24) is 9.88 Å². The van der Waals surface area contributed by atoms with Gasteiger partial charge in [0.2, 0.25) is 0 Å². The summed E-state index contributed by atoms with van der Waals surface area (Å²) in [5.41, 5.74) is -1.42. The maximum Gasteiger partial charge on any atom is 0.433 e. The lowest BCUT2D eigenvalue weighted by Gasteiger charge is -2.45. The minimum atomic E-state index is -4.52. The van der Waals surface area contributed by atoms with Crippen molar-refractivity contribution in [2.75, 3.05) is 19.7 Å². The fourth-order valence-corrected chi connectivity index (χ4v) is 3.32. The van der Waals surface area contributed by atoms with Crippen LogP contribution in [0.4, 0.5) is 13.2 Å². The van der Waals surface area contributed by atoms with E-state index in [1.165, 1.54) is 6.07 Å². The number of rotatable bonds is 1. The Morgan fingerprint density at radius 1 is 1.38 bits per heavy atom. The van der Waals surface area contributed by atoms with Gasteiger partial charge in [0, 0.05) is 25.8 Å². The maximum atomic E-state index is 12.7. The Kier molecular flexibility index (Phi) is 4.29. The van der Waals surface area contributed by atoms with E-state index >= 15 is 0 Å². The number of nitrogens with zero attached hydrogens (tertiary/aromatic N) is 2. The zero-order valence-corrected chi connectivity index (χ0v) is 13.5. The van der Waals surface area contributed by atoms with Crippen LogP contribution in [0.25, 0.3) is 0 Å². The molecule has 2 fully saturated rings. The Hall–Kier alpha value is -1.67. The van der Waals surface area contributed by atoms with Gasteiger partial charge in [0.25, 0.3) is 5.91 Å². The molecular formula is C16H19F3N2O3. The Morgan fingerprint density at radius 2 is 2.12 bits per heavy atom. The van der Waals surface area contributed by atoms with Crippen LogP contribution in [0.3, 0.4) is 0 Å². The number of pyridine rings is 1. The van der Waals surface area contributed by atoms with E-state index in [1.807, 2.05) is 13.8 Å². The average molecular weight is 344 g/mol. The van der Waals surface area contributed by atoms with Gasteiger partial charge in [0.15, 0.2) is 0 Å². The third kappa shape index (κ3) is 3.12. The first-order chi connectivity index (χ1) is 11.2. The molecule has 0 N–H and O–H groups in total. The summed E-state index contributed by atoms with van der Waals surface area (Å²) in [7, 11) is 0. The first kappa shape index (κ1) is 17.2. The largest absolute Gasteiger partial charge is 0.433 e. The highest BCUT2D eigenvalue weighted by molar-refractivity contribution is 5.94. The topological polar surface area (TPSA) is 51.7 Å². The molecule has 24 heavy (non-hydrogen) atoms. The lowest BCUT2D eigenvalue weighted by Crippen LogP contribution is -2.59. The van der Waals surface area contributed by atoms with Crippen LogP contribution in [-0.4, -0.2) is 53.3 Å². The molecule has 132 valence electrons. The van der Waals surface area contributed by atoms with E-state index in [9.17, 15) is 18.0 Å². The zero-order valence-electron chi connectivity index (χ0n) is 13.5. The number of aromatic nitrogens is 1. The van der Waals surface area contributed by atoms with Crippen molar-refractivity contribution in [2.45, 2.75) is 44.3 Å². The minimum absolute atomic E-state index is 0.138. The third-order valence-corrected chi connectivity index (χ3v) is 4.59. The second-order valence-electron chi connectivity index (χ2n) is 6.37. The first-order valence-corrected chi connectivity index (χ1v) is 7.83. The molecule has 3 rings (SSSR count). The van der Waals surface area contributed by atoms with Gasteiger partial charge in [-0.15, -0.1) is 0 Å². The van der Waals surface area contributed by atoms with Crippen molar-refractivity contribution in [3.8, 4) is 0 Å². The number of hydrogen-bond donors (Lipinski definition) is 0. The number of amides is 1. The summed E-state index contributed by atoms with van der Waals surface area (Å²) in [6.07, 6.45) is -3.16. The van der Waals surface area contributed by atoms with Gasteiger partial charge in [0.1, 0.15) is 11.3 Å². The summed E-state index contributed by atoms with van der Waals surface area (Å²) in [6.45, 7) is 5.09. The molecule has 2 aliphatic heterocycles. The molecule has 2 aliphatic rings. The Balaban J connectivity index is 1.79. The van der Waals surface area contributed by atoms with Crippen LogP contribution in [0.15, 0.2) is 18.3 Å². The highest BCUT2D eigenvalue weighted by Gasteiger charge is 2.48. The molecule has 0 aliphatic carbocycles. The molecular weight excluding hydrogens is 325 g/mol. The highest BCUT2D eigenvalue weighted by atomic mass is 19.4. The van der Waals surface area contributed by atoms with E-state index in [0.717, 1.165) is 12.3 Å². The second-order valence-corrected chi connectivity index (χ2v) is 6.37. The van der Waals surface area contributed by atoms with Gasteiger partial charge in [-0.1, -0.05) is 0 Å². The van der Waals surface area contributed by atoms with Crippen LogP contribution in [-0.2, 0) is 15.7 Å². The highest BCUT2D eigenvalue weighted by Crippen LogP contribution is 2.35. The predicted molar refractivity (Wildman–Crippen MR) is 78.5 cm³/mol. The number of carbonyl (C=O) groups is 1. The fourth-order valence-electron chi connectivity index (χ4n) is 3.32. The lowest BCUT2D eigenvalue weighted by molar-refractivity contribution is -0.160. The van der Waals surface area contributed by atoms with Gasteiger partial charge in [-0.3, -0.25) is 9.78 Å². The van der Waals surface area contributed by atoms with Gasteiger partial charge >= 0.3 is 6.18 Å². The van der Waals surface area contributed by atoms with Crippen molar-refractivity contribution in [1.29, 1.82) is 0 Å². The van der Waals surface area contributed by atoms with Crippen molar-refractivity contribution >= 4 is 5.91 Å². The van der Waals surface area contributed by atoms with Gasteiger partial charge in [-0.25, -0.2) is 0 Å². The zero-order chi connectivity index (χ0) is 17.5. The summed E-state index contributed by atoms with van der Waals surface area (Å²) in [5, 5.41) is 0. The molecule has 0 radical (unpaired) electrons. The molecule has 0 aromatic carbocycles. The summed E-state index contributed by atoms with van der Waals surface area (Å²) in [4.78, 5) is 17.6. The van der Waals surface area contributed by atoms with Crippen molar-refractivity contribution in [3.63, 3.8) is 0 Å². The minimum Gasteiger partial charge on any atom is -0.375 e. The van der Waals surface area contributed by atoms with E-state index in [2.05, 4.69) is 4.98 Å². The smallest absolute Gasteiger partial charge is 0.375 e. The Bertz CT molecular complexity index is 620. The summed E-state index contributed by atoms with van der Waals surface area (Å²) in [5.74, 6) is -0.343. The molecule has 1 spiro atoms. The fraction of sp³-hybridized carbons (Fsp3) is 0.625. The second kappa shape index (κ2) is 6.00. The van der Waals surface area contributed by atoms with Crippen LogP contribution in [0.5, 0.6) is 0 Å². The average Bonchev–Trinajstić information content (AvgIpc) is 2.85. The number of ether oxygens (including phenoxy) is 2. The quantitative estimate of drug-likeness (QED) is 0.786. The molecule has 5 nitrogen and oxygen atoms in total. The first-order valence-electron chi connectivity index (χ1n) is 7.83. The molecule has 3 atom stereocenters.